The van der Waals surface area contributed by atoms with Gasteiger partial charge in [-0.25, -0.2) is 17.5 Å². The van der Waals surface area contributed by atoms with Gasteiger partial charge in [0.15, 0.2) is 0 Å². The number of amides is 1. The van der Waals surface area contributed by atoms with Gasteiger partial charge in [0, 0.05) is 13.2 Å². The number of ether oxygens (including phenoxy) is 2. The molecule has 32 heavy (non-hydrogen) atoms. The zero-order valence-electron chi connectivity index (χ0n) is 18.5. The van der Waals surface area contributed by atoms with E-state index in [2.05, 4.69) is 0 Å². The lowest BCUT2D eigenvalue weighted by Gasteiger charge is -2.54. The van der Waals surface area contributed by atoms with E-state index in [0.717, 1.165) is 42.1 Å². The van der Waals surface area contributed by atoms with Gasteiger partial charge in [-0.3, -0.25) is 4.79 Å². The van der Waals surface area contributed by atoms with Gasteiger partial charge in [-0.1, -0.05) is 0 Å². The van der Waals surface area contributed by atoms with Crippen molar-refractivity contribution >= 4 is 15.9 Å². The third-order valence-corrected chi connectivity index (χ3v) is 9.22. The van der Waals surface area contributed by atoms with E-state index in [4.69, 9.17) is 9.47 Å². The number of carbonyl (C=O) groups is 1. The van der Waals surface area contributed by atoms with Crippen LogP contribution in [-0.4, -0.2) is 40.4 Å². The smallest absolute Gasteiger partial charge is 0.267 e. The van der Waals surface area contributed by atoms with Crippen LogP contribution in [0.25, 0.3) is 0 Å². The summed E-state index contributed by atoms with van der Waals surface area (Å²) in [6.45, 7) is 0.556. The number of carbonyl (C=O) groups excluding carboxylic acids is 1. The van der Waals surface area contributed by atoms with E-state index in [9.17, 15) is 17.6 Å². The van der Waals surface area contributed by atoms with E-state index in [-0.39, 0.29) is 23.8 Å². The van der Waals surface area contributed by atoms with E-state index in [1.54, 1.807) is 0 Å². The molecule has 0 heterocycles. The molecule has 1 N–H and O–H groups in total. The van der Waals surface area contributed by atoms with Gasteiger partial charge in [-0.05, 0) is 92.1 Å². The normalized spacial score (nSPS) is 31.0. The predicted octanol–water partition coefficient (Wildman–Crippen LogP) is 3.86. The van der Waals surface area contributed by atoms with Gasteiger partial charge in [0.05, 0.1) is 24.5 Å². The van der Waals surface area contributed by atoms with Crippen LogP contribution in [0.2, 0.25) is 0 Å². The molecular formula is C24H32FNO5S. The lowest BCUT2D eigenvalue weighted by Crippen LogP contribution is -2.47. The first-order valence-corrected chi connectivity index (χ1v) is 13.5. The summed E-state index contributed by atoms with van der Waals surface area (Å²) in [6, 6.07) is 2.76. The van der Waals surface area contributed by atoms with Crippen molar-refractivity contribution in [2.75, 3.05) is 26.1 Å². The second-order valence-electron chi connectivity index (χ2n) is 10.3. The van der Waals surface area contributed by atoms with E-state index in [1.807, 2.05) is 4.72 Å². The number of rotatable bonds is 9. The third kappa shape index (κ3) is 4.53. The van der Waals surface area contributed by atoms with Crippen molar-refractivity contribution in [3.63, 3.8) is 0 Å². The molecule has 6 nitrogen and oxygen atoms in total. The molecule has 6 rings (SSSR count). The minimum atomic E-state index is -3.89. The molecule has 0 aliphatic heterocycles. The molecule has 1 aromatic carbocycles. The predicted molar refractivity (Wildman–Crippen MR) is 118 cm³/mol. The molecule has 0 unspecified atom stereocenters. The highest BCUT2D eigenvalue weighted by molar-refractivity contribution is 7.90. The fraction of sp³-hybridized carbons (Fsp3) is 0.708. The number of sulfonamides is 1. The Hall–Kier alpha value is -1.67. The minimum absolute atomic E-state index is 0.0458. The van der Waals surface area contributed by atoms with E-state index < -0.39 is 21.7 Å². The fourth-order valence-corrected chi connectivity index (χ4v) is 7.40. The Bertz CT molecular complexity index is 962. The largest absolute Gasteiger partial charge is 0.493 e. The molecule has 5 fully saturated rings. The molecule has 5 saturated carbocycles. The molecule has 0 aromatic heterocycles. The molecule has 176 valence electrons. The Labute approximate surface area is 189 Å². The first-order valence-electron chi connectivity index (χ1n) is 11.8. The summed E-state index contributed by atoms with van der Waals surface area (Å²) in [5.74, 6) is 2.45. The van der Waals surface area contributed by atoms with Gasteiger partial charge in [-0.2, -0.15) is 0 Å². The number of nitrogens with one attached hydrogen (secondary N) is 1. The van der Waals surface area contributed by atoms with Crippen LogP contribution in [0.15, 0.2) is 12.1 Å². The molecule has 4 bridgehead atoms. The highest BCUT2D eigenvalue weighted by Crippen LogP contribution is 2.56. The number of hydrogen-bond donors (Lipinski definition) is 1. The van der Waals surface area contributed by atoms with Crippen molar-refractivity contribution in [2.45, 2.75) is 50.9 Å². The number of methoxy groups -OCH3 is 1. The van der Waals surface area contributed by atoms with Crippen LogP contribution in [0.1, 0.15) is 66.8 Å². The first kappa shape index (κ1) is 22.1. The Morgan fingerprint density at radius 3 is 2.34 bits per heavy atom. The standard InChI is InChI=1S/C24H32FNO5S/c1-30-4-5-32(28,29)26-24(27)20-11-19(16-2-3-16)23(12-22(20)25)31-13-21-17-7-14-6-15(9-17)10-18(21)8-14/h11-12,14-18,21H,2-10,13H2,1H3,(H,26,27). The zero-order valence-corrected chi connectivity index (χ0v) is 19.3. The van der Waals surface area contributed by atoms with Crippen molar-refractivity contribution < 1.29 is 27.1 Å². The van der Waals surface area contributed by atoms with Crippen LogP contribution in [0.3, 0.4) is 0 Å². The van der Waals surface area contributed by atoms with E-state index in [0.29, 0.717) is 18.3 Å². The Balaban J connectivity index is 1.31. The average molecular weight is 466 g/mol. The maximum atomic E-state index is 14.9. The topological polar surface area (TPSA) is 81.7 Å². The van der Waals surface area contributed by atoms with Crippen molar-refractivity contribution in [1.29, 1.82) is 0 Å². The Morgan fingerprint density at radius 2 is 1.75 bits per heavy atom. The molecule has 5 aliphatic carbocycles. The van der Waals surface area contributed by atoms with Crippen molar-refractivity contribution in [3.05, 3.63) is 29.1 Å². The van der Waals surface area contributed by atoms with Crippen molar-refractivity contribution in [3.8, 4) is 5.75 Å². The molecule has 5 aliphatic rings. The van der Waals surface area contributed by atoms with E-state index >= 15 is 0 Å². The third-order valence-electron chi connectivity index (χ3n) is 8.02. The highest BCUT2D eigenvalue weighted by atomic mass is 32.2. The molecule has 1 amide bonds. The molecule has 0 spiro atoms. The molecule has 8 heteroatoms. The second-order valence-corrected chi connectivity index (χ2v) is 12.1. The number of hydrogen-bond acceptors (Lipinski definition) is 5. The van der Waals surface area contributed by atoms with Gasteiger partial charge in [-0.15, -0.1) is 0 Å². The lowest BCUT2D eigenvalue weighted by atomic mass is 9.52. The van der Waals surface area contributed by atoms with E-state index in [1.165, 1.54) is 51.3 Å². The van der Waals surface area contributed by atoms with Crippen LogP contribution in [-0.2, 0) is 14.8 Å². The Kier molecular flexibility index (Phi) is 5.95. The first-order chi connectivity index (χ1) is 15.3. The molecule has 0 atom stereocenters. The molecule has 0 saturated heterocycles. The van der Waals surface area contributed by atoms with Crippen LogP contribution in [0.5, 0.6) is 5.75 Å². The molecule has 1 aromatic rings. The van der Waals surface area contributed by atoms with Crippen LogP contribution < -0.4 is 9.46 Å². The van der Waals surface area contributed by atoms with Crippen molar-refractivity contribution in [2.24, 2.45) is 29.6 Å². The number of halogens is 1. The summed E-state index contributed by atoms with van der Waals surface area (Å²) in [5.41, 5.74) is 0.560. The lowest BCUT2D eigenvalue weighted by molar-refractivity contribution is -0.0530. The van der Waals surface area contributed by atoms with Gasteiger partial charge in [0.25, 0.3) is 5.91 Å². The maximum absolute atomic E-state index is 14.9. The summed E-state index contributed by atoms with van der Waals surface area (Å²) < 4.78 is 51.9. The van der Waals surface area contributed by atoms with Gasteiger partial charge in [0.1, 0.15) is 11.6 Å². The zero-order chi connectivity index (χ0) is 22.5. The van der Waals surface area contributed by atoms with Crippen molar-refractivity contribution in [1.82, 2.24) is 4.72 Å². The maximum Gasteiger partial charge on any atom is 0.267 e. The van der Waals surface area contributed by atoms with Gasteiger partial charge in [0.2, 0.25) is 10.0 Å². The highest BCUT2D eigenvalue weighted by Gasteiger charge is 2.48. The second kappa shape index (κ2) is 8.60. The van der Waals surface area contributed by atoms with Gasteiger partial charge < -0.3 is 9.47 Å². The monoisotopic (exact) mass is 465 g/mol. The quantitative estimate of drug-likeness (QED) is 0.599. The fourth-order valence-electron chi connectivity index (χ4n) is 6.52. The summed E-state index contributed by atoms with van der Waals surface area (Å²) in [7, 11) is -2.52. The van der Waals surface area contributed by atoms with Crippen LogP contribution in [0, 0.1) is 35.4 Å². The summed E-state index contributed by atoms with van der Waals surface area (Å²) in [5, 5.41) is 0. The summed E-state index contributed by atoms with van der Waals surface area (Å²) >= 11 is 0. The van der Waals surface area contributed by atoms with Crippen LogP contribution in [0.4, 0.5) is 4.39 Å². The summed E-state index contributed by atoms with van der Waals surface area (Å²) in [6.07, 6.45) is 8.56. The van der Waals surface area contributed by atoms with Crippen LogP contribution >= 0.6 is 0 Å². The summed E-state index contributed by atoms with van der Waals surface area (Å²) in [4.78, 5) is 12.5. The number of benzene rings is 1. The minimum Gasteiger partial charge on any atom is -0.493 e. The molecular weight excluding hydrogens is 433 g/mol. The van der Waals surface area contributed by atoms with Gasteiger partial charge >= 0.3 is 0 Å². The molecule has 0 radical (unpaired) electrons. The SMILES string of the molecule is COCCS(=O)(=O)NC(=O)c1cc(C2CC2)c(OCC2C3CC4CC(C3)CC2C4)cc1F. The Morgan fingerprint density at radius 1 is 1.09 bits per heavy atom. The average Bonchev–Trinajstić information content (AvgIpc) is 3.56.